The van der Waals surface area contributed by atoms with Crippen LogP contribution in [0.25, 0.3) is 0 Å². The van der Waals surface area contributed by atoms with E-state index in [0.717, 1.165) is 25.7 Å². The summed E-state index contributed by atoms with van der Waals surface area (Å²) in [5.41, 5.74) is 0.457. The number of amides is 1. The summed E-state index contributed by atoms with van der Waals surface area (Å²) in [7, 11) is -3.49. The van der Waals surface area contributed by atoms with Gasteiger partial charge in [-0.1, -0.05) is 42.2 Å². The highest BCUT2D eigenvalue weighted by molar-refractivity contribution is 8.01. The Morgan fingerprint density at radius 1 is 1.16 bits per heavy atom. The second-order valence-electron chi connectivity index (χ2n) is 7.55. The molecule has 8 nitrogen and oxygen atoms in total. The standard InChI is InChI=1S/C20H24N4O4S3/c1-2-18(26)24(15-7-8-15)19-21-22-20(30-19)29-13-17(25)14-5-9-16(10-6-14)31(27,28)23-11-3-4-12-23/h5-6,9-10,15H,2-4,7-8,11-13H2,1H3. The van der Waals surface area contributed by atoms with E-state index >= 15 is 0 Å². The third-order valence-electron chi connectivity index (χ3n) is 5.29. The zero-order valence-corrected chi connectivity index (χ0v) is 19.6. The zero-order chi connectivity index (χ0) is 22.0. The highest BCUT2D eigenvalue weighted by atomic mass is 32.2. The van der Waals surface area contributed by atoms with E-state index in [4.69, 9.17) is 0 Å². The van der Waals surface area contributed by atoms with E-state index in [0.29, 0.717) is 34.5 Å². The third-order valence-corrected chi connectivity index (χ3v) is 9.26. The Labute approximate surface area is 190 Å². The van der Waals surface area contributed by atoms with Crippen molar-refractivity contribution in [3.05, 3.63) is 29.8 Å². The second-order valence-corrected chi connectivity index (χ2v) is 11.7. The third kappa shape index (κ3) is 5.00. The average molecular weight is 481 g/mol. The summed E-state index contributed by atoms with van der Waals surface area (Å²) < 4.78 is 27.3. The maximum Gasteiger partial charge on any atom is 0.243 e. The highest BCUT2D eigenvalue weighted by Crippen LogP contribution is 2.36. The Morgan fingerprint density at radius 2 is 1.84 bits per heavy atom. The molecular weight excluding hydrogens is 456 g/mol. The molecule has 0 spiro atoms. The van der Waals surface area contributed by atoms with E-state index in [9.17, 15) is 18.0 Å². The van der Waals surface area contributed by atoms with Gasteiger partial charge in [-0.15, -0.1) is 10.2 Å². The van der Waals surface area contributed by atoms with Gasteiger partial charge in [0.2, 0.25) is 21.1 Å². The molecule has 2 fully saturated rings. The Balaban J connectivity index is 1.37. The monoisotopic (exact) mass is 480 g/mol. The lowest BCUT2D eigenvalue weighted by Crippen LogP contribution is -2.32. The van der Waals surface area contributed by atoms with Gasteiger partial charge in [-0.05, 0) is 37.8 Å². The zero-order valence-electron chi connectivity index (χ0n) is 17.2. The van der Waals surface area contributed by atoms with Crippen molar-refractivity contribution < 1.29 is 18.0 Å². The Morgan fingerprint density at radius 3 is 2.45 bits per heavy atom. The maximum atomic E-state index is 12.6. The number of nitrogens with zero attached hydrogens (tertiary/aromatic N) is 4. The van der Waals surface area contributed by atoms with Crippen molar-refractivity contribution in [2.45, 2.75) is 54.3 Å². The minimum Gasteiger partial charge on any atom is -0.293 e. The van der Waals surface area contributed by atoms with Gasteiger partial charge in [-0.2, -0.15) is 4.31 Å². The number of anilines is 1. The fourth-order valence-corrected chi connectivity index (χ4v) is 6.77. The van der Waals surface area contributed by atoms with E-state index < -0.39 is 10.0 Å². The molecule has 1 aromatic carbocycles. The number of carbonyl (C=O) groups excluding carboxylic acids is 2. The molecule has 1 saturated heterocycles. The van der Waals surface area contributed by atoms with Gasteiger partial charge in [0, 0.05) is 31.1 Å². The minimum atomic E-state index is -3.49. The molecule has 2 aliphatic rings. The quantitative estimate of drug-likeness (QED) is 0.309. The Hall–Kier alpha value is -1.82. The van der Waals surface area contributed by atoms with E-state index in [2.05, 4.69) is 10.2 Å². The van der Waals surface area contributed by atoms with Crippen molar-refractivity contribution in [1.29, 1.82) is 0 Å². The smallest absolute Gasteiger partial charge is 0.243 e. The first-order valence-electron chi connectivity index (χ1n) is 10.3. The first-order valence-corrected chi connectivity index (χ1v) is 13.6. The summed E-state index contributed by atoms with van der Waals surface area (Å²) >= 11 is 2.59. The fourth-order valence-electron chi connectivity index (χ4n) is 3.43. The molecule has 1 amide bonds. The maximum absolute atomic E-state index is 12.6. The molecule has 11 heteroatoms. The van der Waals surface area contributed by atoms with Gasteiger partial charge in [-0.25, -0.2) is 8.42 Å². The van der Waals surface area contributed by atoms with Gasteiger partial charge in [0.1, 0.15) is 0 Å². The summed E-state index contributed by atoms with van der Waals surface area (Å²) in [5, 5.41) is 8.85. The van der Waals surface area contributed by atoms with Crippen molar-refractivity contribution in [2.24, 2.45) is 0 Å². The van der Waals surface area contributed by atoms with Gasteiger partial charge < -0.3 is 0 Å². The molecule has 2 heterocycles. The molecule has 1 aliphatic carbocycles. The summed E-state index contributed by atoms with van der Waals surface area (Å²) in [4.78, 5) is 26.7. The highest BCUT2D eigenvalue weighted by Gasteiger charge is 2.35. The Kier molecular flexibility index (Phi) is 6.75. The van der Waals surface area contributed by atoms with Gasteiger partial charge >= 0.3 is 0 Å². The first kappa shape index (κ1) is 22.4. The van der Waals surface area contributed by atoms with Crippen LogP contribution in [0.3, 0.4) is 0 Å². The SMILES string of the molecule is CCC(=O)N(c1nnc(SCC(=O)c2ccc(S(=O)(=O)N3CCCC3)cc2)s1)C1CC1. The number of rotatable bonds is 9. The number of hydrogen-bond acceptors (Lipinski definition) is 8. The van der Waals surface area contributed by atoms with Crippen molar-refractivity contribution in [3.8, 4) is 0 Å². The predicted molar refractivity (Wildman–Crippen MR) is 120 cm³/mol. The largest absolute Gasteiger partial charge is 0.293 e. The summed E-state index contributed by atoms with van der Waals surface area (Å²) in [5.74, 6) is 0.0867. The van der Waals surface area contributed by atoms with Gasteiger partial charge in [-0.3, -0.25) is 14.5 Å². The van der Waals surface area contributed by atoms with Crippen LogP contribution < -0.4 is 4.90 Å². The van der Waals surface area contributed by atoms with Crippen LogP contribution >= 0.6 is 23.1 Å². The number of ketones is 1. The lowest BCUT2D eigenvalue weighted by Gasteiger charge is -2.17. The van der Waals surface area contributed by atoms with Crippen molar-refractivity contribution in [3.63, 3.8) is 0 Å². The van der Waals surface area contributed by atoms with Crippen molar-refractivity contribution in [1.82, 2.24) is 14.5 Å². The molecule has 1 saturated carbocycles. The van der Waals surface area contributed by atoms with Crippen LogP contribution in [0, 0.1) is 0 Å². The summed E-state index contributed by atoms with van der Waals surface area (Å²) in [6.07, 6.45) is 4.14. The number of aromatic nitrogens is 2. The molecular formula is C20H24N4O4S3. The van der Waals surface area contributed by atoms with Gasteiger partial charge in [0.05, 0.1) is 10.6 Å². The number of hydrogen-bond donors (Lipinski definition) is 0. The number of Topliss-reactive ketones (excluding diaryl/α,β-unsaturated/α-hetero) is 1. The van der Waals surface area contributed by atoms with Crippen LogP contribution in [0.5, 0.6) is 0 Å². The molecule has 1 aromatic heterocycles. The van der Waals surface area contributed by atoms with Gasteiger partial charge in [0.15, 0.2) is 10.1 Å². The van der Waals surface area contributed by atoms with Crippen LogP contribution in [0.2, 0.25) is 0 Å². The molecule has 166 valence electrons. The van der Waals surface area contributed by atoms with Crippen molar-refractivity contribution in [2.75, 3.05) is 23.7 Å². The first-order chi connectivity index (χ1) is 14.9. The fraction of sp³-hybridized carbons (Fsp3) is 0.500. The van der Waals surface area contributed by atoms with Crippen LogP contribution in [-0.2, 0) is 14.8 Å². The van der Waals surface area contributed by atoms with E-state index in [1.807, 2.05) is 6.92 Å². The van der Waals surface area contributed by atoms with E-state index in [1.54, 1.807) is 17.0 Å². The average Bonchev–Trinajstić information content (AvgIpc) is 3.25. The molecule has 0 N–H and O–H groups in total. The summed E-state index contributed by atoms with van der Waals surface area (Å²) in [6, 6.07) is 6.34. The molecule has 4 rings (SSSR count). The lowest BCUT2D eigenvalue weighted by molar-refractivity contribution is -0.118. The number of sulfonamides is 1. The molecule has 0 unspecified atom stereocenters. The van der Waals surface area contributed by atoms with Crippen LogP contribution in [0.4, 0.5) is 5.13 Å². The topological polar surface area (TPSA) is 101 Å². The number of benzene rings is 1. The lowest BCUT2D eigenvalue weighted by atomic mass is 10.1. The molecule has 0 atom stereocenters. The normalized spacial score (nSPS) is 17.1. The van der Waals surface area contributed by atoms with E-state index in [-0.39, 0.29) is 28.4 Å². The second kappa shape index (κ2) is 9.35. The number of carbonyl (C=O) groups is 2. The predicted octanol–water partition coefficient (Wildman–Crippen LogP) is 3.20. The summed E-state index contributed by atoms with van der Waals surface area (Å²) in [6.45, 7) is 2.92. The minimum absolute atomic E-state index is 0.0373. The van der Waals surface area contributed by atoms with Crippen LogP contribution in [-0.4, -0.2) is 59.5 Å². The molecule has 0 bridgehead atoms. The van der Waals surface area contributed by atoms with Crippen molar-refractivity contribution >= 4 is 49.9 Å². The molecule has 1 aliphatic heterocycles. The van der Waals surface area contributed by atoms with E-state index in [1.165, 1.54) is 39.5 Å². The Bertz CT molecular complexity index is 1060. The molecule has 31 heavy (non-hydrogen) atoms. The molecule has 0 radical (unpaired) electrons. The number of thioether (sulfide) groups is 1. The van der Waals surface area contributed by atoms with Crippen LogP contribution in [0.1, 0.15) is 49.4 Å². The van der Waals surface area contributed by atoms with Gasteiger partial charge in [0.25, 0.3) is 0 Å². The molecule has 2 aromatic rings. The van der Waals surface area contributed by atoms with Crippen LogP contribution in [0.15, 0.2) is 33.5 Å².